The van der Waals surface area contributed by atoms with Crippen molar-refractivity contribution in [2.24, 2.45) is 35.5 Å². The van der Waals surface area contributed by atoms with Gasteiger partial charge in [-0.3, -0.25) is 0 Å². The number of hydrogen-bond donors (Lipinski definition) is 0. The van der Waals surface area contributed by atoms with Crippen LogP contribution in [0.2, 0.25) is 0 Å². The van der Waals surface area contributed by atoms with E-state index in [-0.39, 0.29) is 0 Å². The van der Waals surface area contributed by atoms with Gasteiger partial charge in [0.15, 0.2) is 0 Å². The Morgan fingerprint density at radius 1 is 0.862 bits per heavy atom. The summed E-state index contributed by atoms with van der Waals surface area (Å²) in [5.41, 5.74) is 0. The average molecular weight is 393 g/mol. The Kier molecular flexibility index (Phi) is 10.3. The lowest BCUT2D eigenvalue weighted by molar-refractivity contribution is 0.193. The first-order valence-corrected chi connectivity index (χ1v) is 11.8. The molecule has 2 saturated carbocycles. The summed E-state index contributed by atoms with van der Waals surface area (Å²) in [4.78, 5) is 0. The minimum absolute atomic E-state index is 0.786. The zero-order chi connectivity index (χ0) is 21.1. The minimum atomic E-state index is 0.786. The molecule has 0 amide bonds. The van der Waals surface area contributed by atoms with Crippen molar-refractivity contribution < 1.29 is 4.74 Å². The number of fused-ring (bicyclic) bond motifs is 2. The first-order chi connectivity index (χ1) is 14.1. The molecule has 0 aromatic carbocycles. The summed E-state index contributed by atoms with van der Waals surface area (Å²) >= 11 is 0. The van der Waals surface area contributed by atoms with Gasteiger partial charge >= 0.3 is 0 Å². The van der Waals surface area contributed by atoms with Crippen LogP contribution >= 0.6 is 0 Å². The second-order valence-electron chi connectivity index (χ2n) is 8.82. The van der Waals surface area contributed by atoms with E-state index in [0.717, 1.165) is 80.0 Å². The van der Waals surface area contributed by atoms with E-state index in [0.29, 0.717) is 0 Å². The van der Waals surface area contributed by atoms with Crippen LogP contribution in [0.5, 0.6) is 0 Å². The largest absolute Gasteiger partial charge is 0.499 e. The van der Waals surface area contributed by atoms with Crippen LogP contribution in [0.3, 0.4) is 0 Å². The predicted molar refractivity (Wildman–Crippen MR) is 124 cm³/mol. The second kappa shape index (κ2) is 12.7. The first kappa shape index (κ1) is 23.5. The lowest BCUT2D eigenvalue weighted by atomic mass is 10.1. The van der Waals surface area contributed by atoms with Gasteiger partial charge in [0.1, 0.15) is 0 Å². The van der Waals surface area contributed by atoms with E-state index in [1.54, 1.807) is 0 Å². The Morgan fingerprint density at radius 2 is 1.24 bits per heavy atom. The first-order valence-electron chi connectivity index (χ1n) is 11.8. The van der Waals surface area contributed by atoms with Gasteiger partial charge in [-0.1, -0.05) is 26.8 Å². The molecule has 0 heterocycles. The van der Waals surface area contributed by atoms with E-state index >= 15 is 0 Å². The molecule has 0 bridgehead atoms. The lowest BCUT2D eigenvalue weighted by Gasteiger charge is -2.03. The predicted octanol–water partition coefficient (Wildman–Crippen LogP) is 6.84. The normalized spacial score (nSPS) is 32.8. The lowest BCUT2D eigenvalue weighted by Crippen LogP contribution is -1.96. The Balaban J connectivity index is 0.000000179. The number of hydrogen-bond acceptors (Lipinski definition) is 1. The van der Waals surface area contributed by atoms with Crippen LogP contribution in [0.4, 0.5) is 0 Å². The highest BCUT2D eigenvalue weighted by Gasteiger charge is 2.49. The Hall–Kier alpha value is -1.78. The van der Waals surface area contributed by atoms with Crippen molar-refractivity contribution in [3.8, 4) is 36.0 Å². The van der Waals surface area contributed by atoms with Crippen molar-refractivity contribution in [1.82, 2.24) is 0 Å². The van der Waals surface area contributed by atoms with Crippen molar-refractivity contribution in [3.05, 3.63) is 12.3 Å². The quantitative estimate of drug-likeness (QED) is 0.376. The summed E-state index contributed by atoms with van der Waals surface area (Å²) in [7, 11) is 0. The molecule has 0 aromatic heterocycles. The van der Waals surface area contributed by atoms with Crippen LogP contribution in [0.15, 0.2) is 12.3 Å². The maximum absolute atomic E-state index is 5.50. The average Bonchev–Trinajstić information content (AvgIpc) is 3.54. The van der Waals surface area contributed by atoms with E-state index in [2.05, 4.69) is 43.1 Å². The van der Waals surface area contributed by atoms with Crippen LogP contribution in [0.1, 0.15) is 85.0 Å². The van der Waals surface area contributed by atoms with Gasteiger partial charge in [-0.15, -0.1) is 36.0 Å². The molecule has 4 atom stereocenters. The van der Waals surface area contributed by atoms with Gasteiger partial charge in [-0.2, -0.15) is 0 Å². The highest BCUT2D eigenvalue weighted by Crippen LogP contribution is 2.54. The molecule has 29 heavy (non-hydrogen) atoms. The van der Waals surface area contributed by atoms with Gasteiger partial charge in [-0.05, 0) is 68.1 Å². The molecule has 0 spiro atoms. The van der Waals surface area contributed by atoms with Gasteiger partial charge in [0.25, 0.3) is 0 Å². The molecule has 158 valence electrons. The summed E-state index contributed by atoms with van der Waals surface area (Å²) in [6.07, 6.45) is 16.9. The fraction of sp³-hybridized carbons (Fsp3) is 0.714. The van der Waals surface area contributed by atoms with E-state index in [9.17, 15) is 0 Å². The maximum atomic E-state index is 5.50. The molecule has 4 aliphatic rings. The molecule has 2 fully saturated rings. The fourth-order valence-electron chi connectivity index (χ4n) is 5.16. The molecular formula is C28H40O. The monoisotopic (exact) mass is 392 g/mol. The summed E-state index contributed by atoms with van der Waals surface area (Å²) in [5.74, 6) is 22.0. The van der Waals surface area contributed by atoms with E-state index < -0.39 is 0 Å². The molecule has 0 N–H and O–H groups in total. The molecule has 1 nitrogen and oxygen atoms in total. The highest BCUT2D eigenvalue weighted by atomic mass is 16.5. The highest BCUT2D eigenvalue weighted by molar-refractivity contribution is 5.08. The fourth-order valence-corrected chi connectivity index (χ4v) is 5.16. The van der Waals surface area contributed by atoms with E-state index in [4.69, 9.17) is 11.2 Å². The van der Waals surface area contributed by atoms with E-state index in [1.807, 2.05) is 13.8 Å². The summed E-state index contributed by atoms with van der Waals surface area (Å²) < 4.78 is 5.50. The van der Waals surface area contributed by atoms with Crippen LogP contribution in [-0.4, -0.2) is 6.61 Å². The zero-order valence-electron chi connectivity index (χ0n) is 18.9. The number of allylic oxidation sites excluding steroid dienone is 1. The molecule has 0 aromatic rings. The Bertz CT molecular complexity index is 637. The topological polar surface area (TPSA) is 9.23 Å². The SMILES string of the molecule is C#CCC.C=C(C)OCC1C2CCC#CCCC21.CCC1C2CCC#CCCC12. The number of terminal acetylenes is 1. The Labute approximate surface area is 180 Å². The summed E-state index contributed by atoms with van der Waals surface area (Å²) in [6, 6.07) is 0. The summed E-state index contributed by atoms with van der Waals surface area (Å²) in [6.45, 7) is 10.8. The van der Waals surface area contributed by atoms with E-state index in [1.165, 1.54) is 32.1 Å². The number of ether oxygens (including phenoxy) is 1. The van der Waals surface area contributed by atoms with Crippen LogP contribution in [0.25, 0.3) is 0 Å². The minimum Gasteiger partial charge on any atom is -0.499 e. The van der Waals surface area contributed by atoms with Crippen molar-refractivity contribution in [2.75, 3.05) is 6.61 Å². The van der Waals surface area contributed by atoms with Crippen molar-refractivity contribution in [1.29, 1.82) is 0 Å². The smallest absolute Gasteiger partial charge is 0.0910 e. The van der Waals surface area contributed by atoms with Crippen molar-refractivity contribution in [3.63, 3.8) is 0 Å². The molecule has 4 rings (SSSR count). The molecule has 4 aliphatic carbocycles. The molecular weight excluding hydrogens is 352 g/mol. The van der Waals surface area contributed by atoms with Crippen molar-refractivity contribution >= 4 is 0 Å². The molecule has 4 unspecified atom stereocenters. The van der Waals surface area contributed by atoms with Crippen molar-refractivity contribution in [2.45, 2.75) is 85.0 Å². The molecule has 0 aliphatic heterocycles. The van der Waals surface area contributed by atoms with Gasteiger partial charge in [-0.25, -0.2) is 0 Å². The van der Waals surface area contributed by atoms with Crippen LogP contribution < -0.4 is 0 Å². The molecule has 0 radical (unpaired) electrons. The Morgan fingerprint density at radius 3 is 1.55 bits per heavy atom. The molecule has 0 saturated heterocycles. The third kappa shape index (κ3) is 7.87. The summed E-state index contributed by atoms with van der Waals surface area (Å²) in [5, 5.41) is 0. The third-order valence-corrected chi connectivity index (χ3v) is 6.88. The van der Waals surface area contributed by atoms with Crippen LogP contribution in [0, 0.1) is 71.5 Å². The maximum Gasteiger partial charge on any atom is 0.0910 e. The van der Waals surface area contributed by atoms with Gasteiger partial charge < -0.3 is 4.74 Å². The number of rotatable bonds is 4. The van der Waals surface area contributed by atoms with Crippen LogP contribution in [-0.2, 0) is 4.74 Å². The molecule has 1 heteroatoms. The zero-order valence-corrected chi connectivity index (χ0v) is 18.9. The second-order valence-corrected chi connectivity index (χ2v) is 8.82. The van der Waals surface area contributed by atoms with Gasteiger partial charge in [0.05, 0.1) is 12.4 Å². The standard InChI is InChI=1S/C13H18O.C11H16.C4H6/c1-10(2)14-9-13-11-7-5-3-4-6-8-12(11)13;1-2-9-10-7-5-3-4-6-8-11(9)10;1-3-4-2/h11-13H,1,5-9H2,2H3;9-11H,2,5-8H2,1H3;1H,4H2,2H3. The van der Waals surface area contributed by atoms with Gasteiger partial charge in [0.2, 0.25) is 0 Å². The third-order valence-electron chi connectivity index (χ3n) is 6.88. The van der Waals surface area contributed by atoms with Gasteiger partial charge in [0, 0.05) is 32.1 Å².